The smallest absolute Gasteiger partial charge is 0.270 e. The molecule has 2 N–H and O–H groups in total. The van der Waals surface area contributed by atoms with E-state index >= 15 is 0 Å². The van der Waals surface area contributed by atoms with Gasteiger partial charge in [0.25, 0.3) is 5.91 Å². The van der Waals surface area contributed by atoms with Crippen LogP contribution in [0.15, 0.2) is 54.6 Å². The van der Waals surface area contributed by atoms with Gasteiger partial charge < -0.3 is 20.1 Å². The van der Waals surface area contributed by atoms with Gasteiger partial charge in [0.15, 0.2) is 0 Å². The minimum Gasteiger partial charge on any atom is -0.497 e. The van der Waals surface area contributed by atoms with Crippen LogP contribution in [0.4, 0.5) is 11.5 Å². The molecule has 3 rings (SSSR count). The fraction of sp³-hybridized carbons (Fsp3) is 0.227. The van der Waals surface area contributed by atoms with Gasteiger partial charge in [-0.05, 0) is 43.2 Å². The number of ether oxygens (including phenoxy) is 2. The number of nitrogens with zero attached hydrogens (tertiary/aromatic N) is 2. The van der Waals surface area contributed by atoms with E-state index in [9.17, 15) is 4.79 Å². The monoisotopic (exact) mass is 392 g/mol. The first-order valence-electron chi connectivity index (χ1n) is 9.26. The van der Waals surface area contributed by atoms with Crippen LogP contribution in [0.1, 0.15) is 21.9 Å². The molecule has 2 aromatic carbocycles. The fourth-order valence-electron chi connectivity index (χ4n) is 2.87. The second kappa shape index (κ2) is 9.54. The molecular formula is C22H24N4O3. The zero-order valence-corrected chi connectivity index (χ0v) is 16.7. The highest BCUT2D eigenvalue weighted by atomic mass is 16.5. The summed E-state index contributed by atoms with van der Waals surface area (Å²) in [5.41, 5.74) is 2.15. The number of carbonyl (C=O) groups excluding carboxylic acids is 1. The SMILES string of the molecule is COc1cccc(CCNC(=O)c2cc(Nc3ccccc3OC)nc(C)n2)c1. The molecule has 0 fully saturated rings. The van der Waals surface area contributed by atoms with Crippen LogP contribution >= 0.6 is 0 Å². The predicted molar refractivity (Wildman–Crippen MR) is 112 cm³/mol. The van der Waals surface area contributed by atoms with Crippen LogP contribution in [0.3, 0.4) is 0 Å². The van der Waals surface area contributed by atoms with Crippen LogP contribution < -0.4 is 20.1 Å². The lowest BCUT2D eigenvalue weighted by molar-refractivity contribution is 0.0949. The molecule has 0 bridgehead atoms. The van der Waals surface area contributed by atoms with E-state index in [2.05, 4.69) is 20.6 Å². The summed E-state index contributed by atoms with van der Waals surface area (Å²) >= 11 is 0. The van der Waals surface area contributed by atoms with Gasteiger partial charge in [-0.15, -0.1) is 0 Å². The summed E-state index contributed by atoms with van der Waals surface area (Å²) in [6.07, 6.45) is 0.694. The lowest BCUT2D eigenvalue weighted by atomic mass is 10.1. The number of amides is 1. The van der Waals surface area contributed by atoms with E-state index in [-0.39, 0.29) is 5.91 Å². The van der Waals surface area contributed by atoms with Crippen molar-refractivity contribution in [2.75, 3.05) is 26.1 Å². The van der Waals surface area contributed by atoms with Crippen molar-refractivity contribution >= 4 is 17.4 Å². The average molecular weight is 392 g/mol. The third kappa shape index (κ3) is 5.44. The van der Waals surface area contributed by atoms with Crippen LogP contribution in [-0.4, -0.2) is 36.6 Å². The van der Waals surface area contributed by atoms with Crippen molar-refractivity contribution in [2.45, 2.75) is 13.3 Å². The van der Waals surface area contributed by atoms with Gasteiger partial charge in [0, 0.05) is 12.6 Å². The van der Waals surface area contributed by atoms with E-state index in [1.54, 1.807) is 27.2 Å². The molecule has 1 aromatic heterocycles. The zero-order valence-electron chi connectivity index (χ0n) is 16.7. The van der Waals surface area contributed by atoms with Crippen molar-refractivity contribution in [3.8, 4) is 11.5 Å². The Labute approximate surface area is 170 Å². The first-order chi connectivity index (χ1) is 14.1. The Morgan fingerprint density at radius 2 is 1.83 bits per heavy atom. The number of hydrogen-bond acceptors (Lipinski definition) is 6. The molecule has 0 saturated heterocycles. The Kier molecular flexibility index (Phi) is 6.63. The van der Waals surface area contributed by atoms with E-state index < -0.39 is 0 Å². The molecular weight excluding hydrogens is 368 g/mol. The van der Waals surface area contributed by atoms with Gasteiger partial charge >= 0.3 is 0 Å². The van der Waals surface area contributed by atoms with Crippen molar-refractivity contribution in [1.82, 2.24) is 15.3 Å². The van der Waals surface area contributed by atoms with Crippen molar-refractivity contribution < 1.29 is 14.3 Å². The second-order valence-corrected chi connectivity index (χ2v) is 6.37. The molecule has 0 radical (unpaired) electrons. The molecule has 0 aliphatic heterocycles. The Balaban J connectivity index is 1.66. The zero-order chi connectivity index (χ0) is 20.6. The summed E-state index contributed by atoms with van der Waals surface area (Å²) in [5, 5.41) is 6.09. The molecule has 7 heteroatoms. The number of carbonyl (C=O) groups is 1. The molecule has 1 amide bonds. The van der Waals surface area contributed by atoms with Gasteiger partial charge in [-0.25, -0.2) is 9.97 Å². The van der Waals surface area contributed by atoms with Crippen molar-refractivity contribution in [2.24, 2.45) is 0 Å². The lowest BCUT2D eigenvalue weighted by Gasteiger charge is -2.12. The molecule has 7 nitrogen and oxygen atoms in total. The topological polar surface area (TPSA) is 85.4 Å². The van der Waals surface area contributed by atoms with Crippen LogP contribution in [0.5, 0.6) is 11.5 Å². The number of aromatic nitrogens is 2. The minimum absolute atomic E-state index is 0.249. The Bertz CT molecular complexity index is 991. The van der Waals surface area contributed by atoms with E-state index in [4.69, 9.17) is 9.47 Å². The maximum absolute atomic E-state index is 12.6. The quantitative estimate of drug-likeness (QED) is 0.610. The molecule has 0 aliphatic carbocycles. The number of rotatable bonds is 8. The highest BCUT2D eigenvalue weighted by Gasteiger charge is 2.11. The van der Waals surface area contributed by atoms with Crippen LogP contribution in [0.2, 0.25) is 0 Å². The standard InChI is InChI=1S/C22H24N4O3/c1-15-24-19(14-21(25-15)26-18-9-4-5-10-20(18)29-3)22(27)23-12-11-16-7-6-8-17(13-16)28-2/h4-10,13-14H,11-12H2,1-3H3,(H,23,27)(H,24,25,26). The normalized spacial score (nSPS) is 10.3. The van der Waals surface area contributed by atoms with Crippen molar-refractivity contribution in [3.63, 3.8) is 0 Å². The van der Waals surface area contributed by atoms with Crippen molar-refractivity contribution in [1.29, 1.82) is 0 Å². The number of benzene rings is 2. The number of aryl methyl sites for hydroxylation is 1. The Hall–Kier alpha value is -3.61. The second-order valence-electron chi connectivity index (χ2n) is 6.37. The number of para-hydroxylation sites is 2. The van der Waals surface area contributed by atoms with Crippen molar-refractivity contribution in [3.05, 3.63) is 71.7 Å². The summed E-state index contributed by atoms with van der Waals surface area (Å²) < 4.78 is 10.6. The molecule has 1 heterocycles. The Morgan fingerprint density at radius 1 is 1.00 bits per heavy atom. The van der Waals surface area contributed by atoms with Gasteiger partial charge in [-0.2, -0.15) is 0 Å². The molecule has 0 unspecified atom stereocenters. The molecule has 150 valence electrons. The summed E-state index contributed by atoms with van der Waals surface area (Å²) in [6.45, 7) is 2.24. The first-order valence-corrected chi connectivity index (χ1v) is 9.26. The molecule has 0 spiro atoms. The molecule has 0 saturated carbocycles. The Morgan fingerprint density at radius 3 is 2.62 bits per heavy atom. The summed E-state index contributed by atoms with van der Waals surface area (Å²) in [5.74, 6) is 2.27. The van der Waals surface area contributed by atoms with Gasteiger partial charge in [-0.1, -0.05) is 24.3 Å². The van der Waals surface area contributed by atoms with Gasteiger partial charge in [-0.3, -0.25) is 4.79 Å². The average Bonchev–Trinajstić information content (AvgIpc) is 2.74. The molecule has 3 aromatic rings. The number of nitrogens with one attached hydrogen (secondary N) is 2. The van der Waals surface area contributed by atoms with E-state index in [1.165, 1.54) is 0 Å². The van der Waals surface area contributed by atoms with E-state index in [1.807, 2.05) is 48.5 Å². The summed E-state index contributed by atoms with van der Waals surface area (Å²) in [7, 11) is 3.24. The number of anilines is 2. The first kappa shape index (κ1) is 20.1. The molecule has 0 aliphatic rings. The summed E-state index contributed by atoms with van der Waals surface area (Å²) in [4.78, 5) is 21.2. The number of hydrogen-bond donors (Lipinski definition) is 2. The highest BCUT2D eigenvalue weighted by Crippen LogP contribution is 2.26. The summed E-state index contributed by atoms with van der Waals surface area (Å²) in [6, 6.07) is 16.9. The number of methoxy groups -OCH3 is 2. The third-order valence-electron chi connectivity index (χ3n) is 4.27. The van der Waals surface area contributed by atoms with E-state index in [0.29, 0.717) is 36.1 Å². The maximum Gasteiger partial charge on any atom is 0.270 e. The fourth-order valence-corrected chi connectivity index (χ4v) is 2.87. The van der Waals surface area contributed by atoms with Gasteiger partial charge in [0.2, 0.25) is 0 Å². The van der Waals surface area contributed by atoms with Crippen LogP contribution in [0, 0.1) is 6.92 Å². The van der Waals surface area contributed by atoms with Gasteiger partial charge in [0.1, 0.15) is 28.8 Å². The van der Waals surface area contributed by atoms with Gasteiger partial charge in [0.05, 0.1) is 19.9 Å². The largest absolute Gasteiger partial charge is 0.497 e. The molecule has 29 heavy (non-hydrogen) atoms. The van der Waals surface area contributed by atoms with Crippen LogP contribution in [-0.2, 0) is 6.42 Å². The third-order valence-corrected chi connectivity index (χ3v) is 4.27. The lowest BCUT2D eigenvalue weighted by Crippen LogP contribution is -2.27. The minimum atomic E-state index is -0.249. The predicted octanol–water partition coefficient (Wildman–Crippen LogP) is 3.52. The maximum atomic E-state index is 12.6. The molecule has 0 atom stereocenters. The van der Waals surface area contributed by atoms with E-state index in [0.717, 1.165) is 17.0 Å². The highest BCUT2D eigenvalue weighted by molar-refractivity contribution is 5.93. The van der Waals surface area contributed by atoms with Crippen LogP contribution in [0.25, 0.3) is 0 Å².